The van der Waals surface area contributed by atoms with Gasteiger partial charge in [0.2, 0.25) is 0 Å². The van der Waals surface area contributed by atoms with Crippen molar-refractivity contribution >= 4 is 7.82 Å². The first-order valence-electron chi connectivity index (χ1n) is 14.4. The van der Waals surface area contributed by atoms with Crippen LogP contribution in [0.25, 0.3) is 11.1 Å². The molecule has 0 fully saturated rings. The van der Waals surface area contributed by atoms with Crippen LogP contribution < -0.4 is 13.6 Å². The first-order valence-corrected chi connectivity index (χ1v) is 15.9. The second kappa shape index (κ2) is 16.6. The van der Waals surface area contributed by atoms with Gasteiger partial charge in [0.05, 0.1) is 0 Å². The molecule has 0 radical (unpaired) electrons. The Morgan fingerprint density at radius 3 is 1.00 bits per heavy atom. The van der Waals surface area contributed by atoms with Gasteiger partial charge in [-0.05, 0) is 65.3 Å². The summed E-state index contributed by atoms with van der Waals surface area (Å²) in [4.78, 5) is 0. The van der Waals surface area contributed by atoms with E-state index in [0.29, 0.717) is 36.5 Å². The fourth-order valence-corrected chi connectivity index (χ4v) is 5.80. The quantitative estimate of drug-likeness (QED) is 0.0996. The Morgan fingerprint density at radius 2 is 0.705 bits per heavy atom. The largest absolute Gasteiger partial charge is 0.647 e. The molecule has 5 rings (SSSR count). The highest BCUT2D eigenvalue weighted by Crippen LogP contribution is 2.51. The Hall–Kier alpha value is -5.05. The first kappa shape index (κ1) is 31.9. The molecule has 0 bridgehead atoms. The Labute approximate surface area is 261 Å². The fraction of sp³-hybridized carbons (Fsp3) is 0.0769. The number of para-hydroxylation sites is 3. The van der Waals surface area contributed by atoms with Gasteiger partial charge in [0, 0.05) is 0 Å². The van der Waals surface area contributed by atoms with Crippen molar-refractivity contribution < 1.29 is 18.1 Å². The van der Waals surface area contributed by atoms with Gasteiger partial charge in [0.25, 0.3) is 0 Å². The molecular formula is C39H37O4P. The molecule has 5 aromatic carbocycles. The molecule has 5 aromatic rings. The molecule has 0 atom stereocenters. The summed E-state index contributed by atoms with van der Waals surface area (Å²) in [5, 5.41) is 0. The molecular weight excluding hydrogens is 563 g/mol. The predicted molar refractivity (Wildman–Crippen MR) is 182 cm³/mol. The molecule has 0 aliphatic rings. The van der Waals surface area contributed by atoms with E-state index in [4.69, 9.17) is 13.6 Å². The molecule has 0 saturated heterocycles. The summed E-state index contributed by atoms with van der Waals surface area (Å²) in [5.41, 5.74) is 5.03. The van der Waals surface area contributed by atoms with Crippen molar-refractivity contribution in [3.8, 4) is 28.4 Å². The lowest BCUT2D eigenvalue weighted by Crippen LogP contribution is -2.10. The molecule has 5 heteroatoms. The third-order valence-electron chi connectivity index (χ3n) is 6.52. The Morgan fingerprint density at radius 1 is 0.432 bits per heavy atom. The van der Waals surface area contributed by atoms with Crippen LogP contribution in [-0.4, -0.2) is 0 Å². The maximum absolute atomic E-state index is 14.0. The standard InChI is InChI=1S/C27H27O4P.C12H10/c1-4-13-22-16-7-10-19-25(22)29-32(28,30-26-20-11-8-17-23(26)14-5-2)31-27-21-12-9-18-24(27)15-6-3;1-3-7-11(8-4-1)12-9-5-2-6-10-12/h4-12,16-21H,1-3,13-15H2;1-10H. The topological polar surface area (TPSA) is 44.8 Å². The molecule has 0 aliphatic heterocycles. The number of phosphoric acid groups is 1. The SMILES string of the molecule is C=CCc1ccccc1OP(=O)(Oc1ccccc1CC=C)Oc1ccccc1CC=C.c1ccc(-c2ccccc2)cc1. The smallest absolute Gasteiger partial charge is 0.386 e. The zero-order valence-corrected chi connectivity index (χ0v) is 25.7. The molecule has 0 N–H and O–H groups in total. The lowest BCUT2D eigenvalue weighted by Gasteiger charge is -2.22. The molecule has 44 heavy (non-hydrogen) atoms. The minimum Gasteiger partial charge on any atom is -0.386 e. The van der Waals surface area contributed by atoms with Crippen LogP contribution in [0.3, 0.4) is 0 Å². The van der Waals surface area contributed by atoms with E-state index in [-0.39, 0.29) is 0 Å². The second-order valence-corrected chi connectivity index (χ2v) is 11.2. The molecule has 0 aliphatic carbocycles. The van der Waals surface area contributed by atoms with Gasteiger partial charge in [-0.15, -0.1) is 19.7 Å². The molecule has 0 aromatic heterocycles. The van der Waals surface area contributed by atoms with Crippen molar-refractivity contribution in [2.45, 2.75) is 19.3 Å². The van der Waals surface area contributed by atoms with Crippen LogP contribution in [0.5, 0.6) is 17.2 Å². The van der Waals surface area contributed by atoms with E-state index in [2.05, 4.69) is 68.3 Å². The molecule has 222 valence electrons. The minimum absolute atomic E-state index is 0.415. The van der Waals surface area contributed by atoms with Crippen LogP contribution in [0.1, 0.15) is 16.7 Å². The molecule has 4 nitrogen and oxygen atoms in total. The van der Waals surface area contributed by atoms with E-state index in [9.17, 15) is 4.57 Å². The normalized spacial score (nSPS) is 10.5. The molecule has 0 heterocycles. The van der Waals surface area contributed by atoms with Crippen molar-refractivity contribution in [1.82, 2.24) is 0 Å². The maximum Gasteiger partial charge on any atom is 0.647 e. The van der Waals surface area contributed by atoms with Crippen LogP contribution in [0.15, 0.2) is 171 Å². The zero-order chi connectivity index (χ0) is 31.0. The summed E-state index contributed by atoms with van der Waals surface area (Å²) in [5.74, 6) is 1.24. The Bertz CT molecular complexity index is 1520. The lowest BCUT2D eigenvalue weighted by molar-refractivity contribution is 0.296. The molecule has 0 spiro atoms. The summed E-state index contributed by atoms with van der Waals surface area (Å²) in [6.45, 7) is 11.4. The Balaban J connectivity index is 0.000000305. The number of hydrogen-bond acceptors (Lipinski definition) is 4. The van der Waals surface area contributed by atoms with Crippen molar-refractivity contribution in [2.24, 2.45) is 0 Å². The van der Waals surface area contributed by atoms with E-state index < -0.39 is 7.82 Å². The number of benzene rings is 5. The monoisotopic (exact) mass is 600 g/mol. The van der Waals surface area contributed by atoms with Gasteiger partial charge in [0.15, 0.2) is 0 Å². The van der Waals surface area contributed by atoms with Gasteiger partial charge in [0.1, 0.15) is 17.2 Å². The highest BCUT2D eigenvalue weighted by atomic mass is 31.2. The highest BCUT2D eigenvalue weighted by Gasteiger charge is 2.35. The van der Waals surface area contributed by atoms with Crippen LogP contribution in [-0.2, 0) is 23.8 Å². The predicted octanol–water partition coefficient (Wildman–Crippen LogP) is 10.9. The molecule has 0 saturated carbocycles. The van der Waals surface area contributed by atoms with Gasteiger partial charge in [-0.25, -0.2) is 0 Å². The van der Waals surface area contributed by atoms with Gasteiger partial charge >= 0.3 is 7.82 Å². The first-order chi connectivity index (χ1) is 21.5. The van der Waals surface area contributed by atoms with E-state index in [1.165, 1.54) is 11.1 Å². The van der Waals surface area contributed by atoms with E-state index >= 15 is 0 Å². The third kappa shape index (κ3) is 9.22. The van der Waals surface area contributed by atoms with Crippen LogP contribution >= 0.6 is 7.82 Å². The average molecular weight is 601 g/mol. The lowest BCUT2D eigenvalue weighted by atomic mass is 10.1. The number of allylic oxidation sites excluding steroid dienone is 3. The van der Waals surface area contributed by atoms with Crippen LogP contribution in [0.2, 0.25) is 0 Å². The van der Waals surface area contributed by atoms with E-state index in [0.717, 1.165) is 16.7 Å². The summed E-state index contributed by atoms with van der Waals surface area (Å²) >= 11 is 0. The number of hydrogen-bond donors (Lipinski definition) is 0. The number of phosphoric ester groups is 1. The molecule has 0 unspecified atom stereocenters. The average Bonchev–Trinajstić information content (AvgIpc) is 3.05. The third-order valence-corrected chi connectivity index (χ3v) is 7.78. The fourth-order valence-electron chi connectivity index (χ4n) is 4.43. The van der Waals surface area contributed by atoms with Crippen LogP contribution in [0.4, 0.5) is 0 Å². The van der Waals surface area contributed by atoms with Crippen molar-refractivity contribution in [3.05, 3.63) is 188 Å². The van der Waals surface area contributed by atoms with Crippen molar-refractivity contribution in [1.29, 1.82) is 0 Å². The summed E-state index contributed by atoms with van der Waals surface area (Å²) in [6.07, 6.45) is 6.93. The van der Waals surface area contributed by atoms with E-state index in [1.807, 2.05) is 66.7 Å². The van der Waals surface area contributed by atoms with E-state index in [1.54, 1.807) is 36.4 Å². The maximum atomic E-state index is 14.0. The number of rotatable bonds is 13. The van der Waals surface area contributed by atoms with Crippen LogP contribution in [0, 0.1) is 0 Å². The van der Waals surface area contributed by atoms with Crippen molar-refractivity contribution in [3.63, 3.8) is 0 Å². The summed E-state index contributed by atoms with van der Waals surface area (Å²) in [6, 6.07) is 42.7. The van der Waals surface area contributed by atoms with Gasteiger partial charge in [-0.3, -0.25) is 0 Å². The van der Waals surface area contributed by atoms with Gasteiger partial charge in [-0.2, -0.15) is 4.57 Å². The second-order valence-electron chi connectivity index (χ2n) is 9.75. The minimum atomic E-state index is -4.14. The summed E-state index contributed by atoms with van der Waals surface area (Å²) in [7, 11) is -4.14. The Kier molecular flexibility index (Phi) is 12.0. The van der Waals surface area contributed by atoms with Gasteiger partial charge in [-0.1, -0.05) is 133 Å². The zero-order valence-electron chi connectivity index (χ0n) is 24.8. The summed E-state index contributed by atoms with van der Waals surface area (Å²) < 4.78 is 32.0. The highest BCUT2D eigenvalue weighted by molar-refractivity contribution is 7.49. The van der Waals surface area contributed by atoms with Crippen molar-refractivity contribution in [2.75, 3.05) is 0 Å². The van der Waals surface area contributed by atoms with Gasteiger partial charge < -0.3 is 13.6 Å². The molecule has 0 amide bonds.